The summed E-state index contributed by atoms with van der Waals surface area (Å²) in [5.74, 6) is -0.126. The van der Waals surface area contributed by atoms with Crippen LogP contribution in [0.1, 0.15) is 52.2 Å². The summed E-state index contributed by atoms with van der Waals surface area (Å²) in [5, 5.41) is 17.3. The van der Waals surface area contributed by atoms with Gasteiger partial charge in [0.2, 0.25) is 0 Å². The molecular weight excluding hydrogens is 432 g/mol. The number of carbonyl (C=O) groups excluding carboxylic acids is 1. The Labute approximate surface area is 197 Å². The molecule has 2 unspecified atom stereocenters. The van der Waals surface area contributed by atoms with E-state index in [0.29, 0.717) is 34.8 Å². The summed E-state index contributed by atoms with van der Waals surface area (Å²) in [5.41, 5.74) is 10.3. The molecule has 2 saturated heterocycles. The maximum atomic E-state index is 12.8. The Morgan fingerprint density at radius 1 is 1.33 bits per heavy atom. The van der Waals surface area contributed by atoms with E-state index < -0.39 is 0 Å². The number of thiophene rings is 1. The fourth-order valence-electron chi connectivity index (χ4n) is 4.92. The molecular formula is C25H28N6OS. The van der Waals surface area contributed by atoms with Gasteiger partial charge in [0.1, 0.15) is 15.8 Å². The SMILES string of the molecule is Cc1ccc2c(N)c(C(=O)NC[C@@H](C)c3ccc(N4CC5CCC(C4)N5)c(C#N)c3)sc2n1. The molecule has 2 fully saturated rings. The molecule has 2 aliphatic rings. The molecule has 0 spiro atoms. The van der Waals surface area contributed by atoms with Crippen LogP contribution in [-0.4, -0.2) is 42.6 Å². The van der Waals surface area contributed by atoms with E-state index >= 15 is 0 Å². The molecule has 1 aromatic carbocycles. The topological polar surface area (TPSA) is 107 Å². The number of anilines is 2. The predicted octanol–water partition coefficient (Wildman–Crippen LogP) is 3.53. The minimum Gasteiger partial charge on any atom is -0.397 e. The second-order valence-corrected chi connectivity index (χ2v) is 10.2. The number of hydrogen-bond donors (Lipinski definition) is 3. The van der Waals surface area contributed by atoms with E-state index in [1.54, 1.807) is 0 Å². The molecule has 2 bridgehead atoms. The van der Waals surface area contributed by atoms with Gasteiger partial charge in [-0.15, -0.1) is 11.3 Å². The van der Waals surface area contributed by atoms with E-state index in [9.17, 15) is 10.1 Å². The minimum absolute atomic E-state index is 0.0604. The van der Waals surface area contributed by atoms with Crippen molar-refractivity contribution in [2.75, 3.05) is 30.3 Å². The number of fused-ring (bicyclic) bond motifs is 3. The van der Waals surface area contributed by atoms with Gasteiger partial charge in [0.25, 0.3) is 5.91 Å². The molecule has 0 saturated carbocycles. The second kappa shape index (κ2) is 8.65. The molecule has 4 heterocycles. The highest BCUT2D eigenvalue weighted by molar-refractivity contribution is 7.21. The number of hydrogen-bond acceptors (Lipinski definition) is 7. The van der Waals surface area contributed by atoms with Crippen LogP contribution in [0, 0.1) is 18.3 Å². The summed E-state index contributed by atoms with van der Waals surface area (Å²) in [7, 11) is 0. The summed E-state index contributed by atoms with van der Waals surface area (Å²) in [6, 6.07) is 13.3. The van der Waals surface area contributed by atoms with E-state index in [0.717, 1.165) is 40.3 Å². The third-order valence-electron chi connectivity index (χ3n) is 6.78. The monoisotopic (exact) mass is 460 g/mol. The number of nitrogens with zero attached hydrogens (tertiary/aromatic N) is 3. The maximum Gasteiger partial charge on any atom is 0.263 e. The molecule has 0 aliphatic carbocycles. The van der Waals surface area contributed by atoms with Crippen molar-refractivity contribution in [2.24, 2.45) is 0 Å². The molecule has 8 heteroatoms. The smallest absolute Gasteiger partial charge is 0.263 e. The number of nitrogen functional groups attached to an aromatic ring is 1. The Hall–Kier alpha value is -3.15. The van der Waals surface area contributed by atoms with Crippen LogP contribution in [0.25, 0.3) is 10.2 Å². The van der Waals surface area contributed by atoms with E-state index in [1.165, 1.54) is 24.2 Å². The molecule has 2 aliphatic heterocycles. The van der Waals surface area contributed by atoms with Gasteiger partial charge in [-0.1, -0.05) is 13.0 Å². The number of pyridine rings is 1. The Morgan fingerprint density at radius 2 is 2.09 bits per heavy atom. The molecule has 0 radical (unpaired) electrons. The van der Waals surface area contributed by atoms with Gasteiger partial charge in [0.05, 0.1) is 16.9 Å². The van der Waals surface area contributed by atoms with Crippen molar-refractivity contribution in [1.29, 1.82) is 5.26 Å². The lowest BCUT2D eigenvalue weighted by molar-refractivity contribution is 0.0956. The molecule has 1 amide bonds. The van der Waals surface area contributed by atoms with E-state index in [2.05, 4.69) is 45.6 Å². The van der Waals surface area contributed by atoms with Crippen molar-refractivity contribution in [1.82, 2.24) is 15.6 Å². The van der Waals surface area contributed by atoms with Crippen LogP contribution in [0.4, 0.5) is 11.4 Å². The van der Waals surface area contributed by atoms with Gasteiger partial charge in [-0.05, 0) is 55.5 Å². The third-order valence-corrected chi connectivity index (χ3v) is 7.89. The van der Waals surface area contributed by atoms with Gasteiger partial charge in [-0.25, -0.2) is 4.98 Å². The van der Waals surface area contributed by atoms with Crippen LogP contribution in [0.15, 0.2) is 30.3 Å². The van der Waals surface area contributed by atoms with Gasteiger partial charge < -0.3 is 21.3 Å². The summed E-state index contributed by atoms with van der Waals surface area (Å²) < 4.78 is 0. The number of piperazine rings is 1. The van der Waals surface area contributed by atoms with Gasteiger partial charge in [0.15, 0.2) is 0 Å². The zero-order valence-corrected chi connectivity index (χ0v) is 19.7. The highest BCUT2D eigenvalue weighted by Gasteiger charge is 2.33. The largest absolute Gasteiger partial charge is 0.397 e. The number of carbonyl (C=O) groups is 1. The van der Waals surface area contributed by atoms with Crippen molar-refractivity contribution >= 4 is 38.8 Å². The number of rotatable bonds is 5. The van der Waals surface area contributed by atoms with Crippen molar-refractivity contribution in [2.45, 2.75) is 44.7 Å². The molecule has 4 N–H and O–H groups in total. The number of aromatic nitrogens is 1. The fraction of sp³-hybridized carbons (Fsp3) is 0.400. The normalized spacial score (nSPS) is 20.6. The first kappa shape index (κ1) is 21.7. The minimum atomic E-state index is -0.187. The Morgan fingerprint density at radius 3 is 2.82 bits per heavy atom. The van der Waals surface area contributed by atoms with E-state index in [-0.39, 0.29) is 11.8 Å². The number of nitrogens with two attached hydrogens (primary N) is 1. The van der Waals surface area contributed by atoms with Crippen LogP contribution in [-0.2, 0) is 0 Å². The summed E-state index contributed by atoms with van der Waals surface area (Å²) in [6.07, 6.45) is 2.41. The molecule has 5 rings (SSSR count). The quantitative estimate of drug-likeness (QED) is 0.538. The molecule has 3 atom stereocenters. The molecule has 33 heavy (non-hydrogen) atoms. The van der Waals surface area contributed by atoms with Gasteiger partial charge >= 0.3 is 0 Å². The zero-order chi connectivity index (χ0) is 23.1. The lowest BCUT2D eigenvalue weighted by atomic mass is 9.97. The van der Waals surface area contributed by atoms with Crippen molar-refractivity contribution in [3.8, 4) is 6.07 Å². The maximum absolute atomic E-state index is 12.8. The first-order valence-electron chi connectivity index (χ1n) is 11.4. The Bertz CT molecular complexity index is 1250. The van der Waals surface area contributed by atoms with Crippen molar-refractivity contribution < 1.29 is 4.79 Å². The van der Waals surface area contributed by atoms with Crippen LogP contribution >= 0.6 is 11.3 Å². The zero-order valence-electron chi connectivity index (χ0n) is 18.9. The number of nitriles is 1. The first-order chi connectivity index (χ1) is 15.9. The molecule has 170 valence electrons. The van der Waals surface area contributed by atoms with Crippen LogP contribution in [0.5, 0.6) is 0 Å². The van der Waals surface area contributed by atoms with Crippen molar-refractivity contribution in [3.63, 3.8) is 0 Å². The first-order valence-corrected chi connectivity index (χ1v) is 12.2. The summed E-state index contributed by atoms with van der Waals surface area (Å²) in [4.78, 5) is 20.9. The number of amides is 1. The number of benzene rings is 1. The Kier molecular flexibility index (Phi) is 5.69. The highest BCUT2D eigenvalue weighted by Crippen LogP contribution is 2.33. The van der Waals surface area contributed by atoms with E-state index in [1.807, 2.05) is 25.1 Å². The average molecular weight is 461 g/mol. The second-order valence-electron chi connectivity index (χ2n) is 9.19. The molecule has 7 nitrogen and oxygen atoms in total. The molecule has 3 aromatic rings. The predicted molar refractivity (Wildman–Crippen MR) is 133 cm³/mol. The summed E-state index contributed by atoms with van der Waals surface area (Å²) in [6.45, 7) is 6.33. The third kappa shape index (κ3) is 4.14. The molecule has 2 aromatic heterocycles. The van der Waals surface area contributed by atoms with Crippen LogP contribution in [0.2, 0.25) is 0 Å². The number of nitrogens with one attached hydrogen (secondary N) is 2. The van der Waals surface area contributed by atoms with E-state index in [4.69, 9.17) is 5.73 Å². The lowest BCUT2D eigenvalue weighted by Gasteiger charge is -2.35. The van der Waals surface area contributed by atoms with Gasteiger partial charge in [-0.2, -0.15) is 5.26 Å². The average Bonchev–Trinajstić information content (AvgIpc) is 3.34. The van der Waals surface area contributed by atoms with Gasteiger partial charge in [-0.3, -0.25) is 4.79 Å². The highest BCUT2D eigenvalue weighted by atomic mass is 32.1. The summed E-state index contributed by atoms with van der Waals surface area (Å²) >= 11 is 1.32. The standard InChI is InChI=1S/C25H28N6OS/c1-14(11-28-24(32)23-22(27)20-7-3-15(2)29-25(20)33-23)16-4-8-21(17(9-16)10-26)31-12-18-5-6-19(13-31)30-18/h3-4,7-9,14,18-19,30H,5-6,11-13,27H2,1-2H3,(H,28,32)/t14-,18?,19?/m1/s1. The lowest BCUT2D eigenvalue weighted by Crippen LogP contribution is -2.51. The van der Waals surface area contributed by atoms with Crippen LogP contribution < -0.4 is 21.3 Å². The Balaban J connectivity index is 1.28. The van der Waals surface area contributed by atoms with Crippen LogP contribution in [0.3, 0.4) is 0 Å². The number of aryl methyl sites for hydroxylation is 1. The van der Waals surface area contributed by atoms with Gasteiger partial charge in [0, 0.05) is 42.8 Å². The fourth-order valence-corrected chi connectivity index (χ4v) is 5.98. The van der Waals surface area contributed by atoms with Crippen molar-refractivity contribution in [3.05, 3.63) is 52.0 Å².